The Kier molecular flexibility index (Phi) is 11.1. The molecule has 23 heavy (non-hydrogen) atoms. The van der Waals surface area contributed by atoms with E-state index in [-0.39, 0.29) is 0 Å². The minimum atomic E-state index is -5.84. The van der Waals surface area contributed by atoms with Gasteiger partial charge in [0.25, 0.3) is 0 Å². The second-order valence-corrected chi connectivity index (χ2v) is 7.44. The molecule has 1 rings (SSSR count). The molecule has 1 heterocycles. The summed E-state index contributed by atoms with van der Waals surface area (Å²) in [4.78, 5) is 2.68. The quantitative estimate of drug-likeness (QED) is 0.413. The standard InChI is InChI=1S/C14H29N.CHF3O3S/c1-3-5-6-7-8-11-15-12-9-14(4-2)10-13-15;2-1(3,4)8(5,6)7/h14H,3-13H2,1-2H3;(H,5,6,7). The zero-order valence-electron chi connectivity index (χ0n) is 14.1. The van der Waals surface area contributed by atoms with Crippen molar-refractivity contribution in [1.82, 2.24) is 4.90 Å². The fourth-order valence-corrected chi connectivity index (χ4v) is 2.56. The maximum absolute atomic E-state index is 10.7. The van der Waals surface area contributed by atoms with E-state index < -0.39 is 15.6 Å². The summed E-state index contributed by atoms with van der Waals surface area (Å²) in [5.74, 6) is 1.03. The summed E-state index contributed by atoms with van der Waals surface area (Å²) in [7, 11) is -5.84. The van der Waals surface area contributed by atoms with Crippen molar-refractivity contribution in [2.24, 2.45) is 5.92 Å². The van der Waals surface area contributed by atoms with Gasteiger partial charge in [0.15, 0.2) is 0 Å². The van der Waals surface area contributed by atoms with Crippen LogP contribution in [0, 0.1) is 5.92 Å². The van der Waals surface area contributed by atoms with Crippen LogP contribution in [0.4, 0.5) is 13.2 Å². The van der Waals surface area contributed by atoms with Crippen LogP contribution in [0.3, 0.4) is 0 Å². The van der Waals surface area contributed by atoms with Gasteiger partial charge in [-0.3, -0.25) is 4.55 Å². The number of rotatable bonds is 7. The van der Waals surface area contributed by atoms with E-state index in [0.717, 1.165) is 5.92 Å². The highest BCUT2D eigenvalue weighted by molar-refractivity contribution is 7.86. The zero-order valence-corrected chi connectivity index (χ0v) is 14.9. The number of hydrogen-bond acceptors (Lipinski definition) is 3. The van der Waals surface area contributed by atoms with Crippen LogP contribution in [0.2, 0.25) is 0 Å². The molecule has 1 N–H and O–H groups in total. The molecule has 0 unspecified atom stereocenters. The highest BCUT2D eigenvalue weighted by Crippen LogP contribution is 2.21. The Morgan fingerprint density at radius 2 is 1.52 bits per heavy atom. The van der Waals surface area contributed by atoms with E-state index in [2.05, 4.69) is 18.7 Å². The second-order valence-electron chi connectivity index (χ2n) is 6.03. The molecule has 140 valence electrons. The number of hydrogen-bond donors (Lipinski definition) is 1. The van der Waals surface area contributed by atoms with Gasteiger partial charge in [-0.05, 0) is 44.8 Å². The number of piperidine rings is 1. The lowest BCUT2D eigenvalue weighted by Crippen LogP contribution is -2.34. The number of nitrogens with zero attached hydrogens (tertiary/aromatic N) is 1. The molecule has 0 radical (unpaired) electrons. The van der Waals surface area contributed by atoms with Crippen LogP contribution in [0.15, 0.2) is 0 Å². The minimum absolute atomic E-state index is 1.03. The van der Waals surface area contributed by atoms with Crippen LogP contribution in [0.1, 0.15) is 65.2 Å². The van der Waals surface area contributed by atoms with Gasteiger partial charge >= 0.3 is 15.6 Å². The van der Waals surface area contributed by atoms with E-state index in [1.165, 1.54) is 71.0 Å². The average Bonchev–Trinajstić information content (AvgIpc) is 2.46. The molecule has 4 nitrogen and oxygen atoms in total. The molecule has 8 heteroatoms. The van der Waals surface area contributed by atoms with Crippen LogP contribution in [-0.4, -0.2) is 43.0 Å². The first-order valence-electron chi connectivity index (χ1n) is 8.37. The Hall–Kier alpha value is -0.340. The highest BCUT2D eigenvalue weighted by Gasteiger charge is 2.44. The van der Waals surface area contributed by atoms with Gasteiger partial charge in [-0.25, -0.2) is 0 Å². The maximum atomic E-state index is 10.7. The third kappa shape index (κ3) is 10.9. The van der Waals surface area contributed by atoms with Crippen molar-refractivity contribution in [3.8, 4) is 0 Å². The number of halogens is 3. The van der Waals surface area contributed by atoms with Gasteiger partial charge in [-0.2, -0.15) is 21.6 Å². The second kappa shape index (κ2) is 11.3. The molecular weight excluding hydrogens is 331 g/mol. The molecule has 1 aliphatic rings. The molecule has 0 aromatic carbocycles. The van der Waals surface area contributed by atoms with Crippen LogP contribution in [0.5, 0.6) is 0 Å². The Morgan fingerprint density at radius 1 is 1.04 bits per heavy atom. The molecule has 1 saturated heterocycles. The summed E-state index contributed by atoms with van der Waals surface area (Å²) in [5.41, 5.74) is -5.53. The molecule has 0 spiro atoms. The predicted octanol–water partition coefficient (Wildman–Crippen LogP) is 4.47. The van der Waals surface area contributed by atoms with Crippen LogP contribution >= 0.6 is 0 Å². The summed E-state index contributed by atoms with van der Waals surface area (Å²) < 4.78 is 57.5. The molecule has 1 fully saturated rings. The zero-order chi connectivity index (χ0) is 17.9. The fourth-order valence-electron chi connectivity index (χ4n) is 2.56. The van der Waals surface area contributed by atoms with Gasteiger partial charge < -0.3 is 4.90 Å². The predicted molar refractivity (Wildman–Crippen MR) is 85.8 cm³/mol. The summed E-state index contributed by atoms with van der Waals surface area (Å²) in [6.07, 6.45) is 11.4. The van der Waals surface area contributed by atoms with Crippen molar-refractivity contribution in [2.45, 2.75) is 70.7 Å². The van der Waals surface area contributed by atoms with E-state index in [4.69, 9.17) is 13.0 Å². The lowest BCUT2D eigenvalue weighted by molar-refractivity contribution is -0.0510. The lowest BCUT2D eigenvalue weighted by atomic mass is 9.94. The van der Waals surface area contributed by atoms with E-state index in [1.54, 1.807) is 0 Å². The topological polar surface area (TPSA) is 57.6 Å². The monoisotopic (exact) mass is 361 g/mol. The molecule has 0 bridgehead atoms. The third-order valence-electron chi connectivity index (χ3n) is 4.15. The van der Waals surface area contributed by atoms with Gasteiger partial charge in [-0.15, -0.1) is 0 Å². The maximum Gasteiger partial charge on any atom is 0.522 e. The summed E-state index contributed by atoms with van der Waals surface area (Å²) in [6.45, 7) is 8.72. The summed E-state index contributed by atoms with van der Waals surface area (Å²) in [6, 6.07) is 0. The highest BCUT2D eigenvalue weighted by atomic mass is 32.2. The molecule has 0 atom stereocenters. The van der Waals surface area contributed by atoms with Crippen molar-refractivity contribution in [2.75, 3.05) is 19.6 Å². The van der Waals surface area contributed by atoms with Gasteiger partial charge in [-0.1, -0.05) is 46.0 Å². The van der Waals surface area contributed by atoms with Crippen LogP contribution < -0.4 is 0 Å². The first-order valence-corrected chi connectivity index (χ1v) is 9.81. The van der Waals surface area contributed by atoms with Crippen molar-refractivity contribution < 1.29 is 26.1 Å². The molecule has 0 aliphatic carbocycles. The smallest absolute Gasteiger partial charge is 0.303 e. The number of alkyl halides is 3. The van der Waals surface area contributed by atoms with Crippen LogP contribution in [-0.2, 0) is 10.1 Å². The third-order valence-corrected chi connectivity index (χ3v) is 4.74. The molecule has 0 amide bonds. The summed E-state index contributed by atoms with van der Waals surface area (Å²) >= 11 is 0. The number of likely N-dealkylation sites (tertiary alicyclic amines) is 1. The van der Waals surface area contributed by atoms with Gasteiger partial charge in [0, 0.05) is 0 Å². The van der Waals surface area contributed by atoms with Gasteiger partial charge in [0.05, 0.1) is 0 Å². The Labute approximate surface area is 138 Å². The van der Waals surface area contributed by atoms with E-state index in [1.807, 2.05) is 0 Å². The van der Waals surface area contributed by atoms with Gasteiger partial charge in [0.1, 0.15) is 0 Å². The molecule has 0 aromatic rings. The van der Waals surface area contributed by atoms with E-state index >= 15 is 0 Å². The van der Waals surface area contributed by atoms with Crippen molar-refractivity contribution in [1.29, 1.82) is 0 Å². The Morgan fingerprint density at radius 3 is 1.91 bits per heavy atom. The van der Waals surface area contributed by atoms with Crippen molar-refractivity contribution in [3.63, 3.8) is 0 Å². The largest absolute Gasteiger partial charge is 0.522 e. The van der Waals surface area contributed by atoms with Crippen molar-refractivity contribution >= 4 is 10.1 Å². The molecular formula is C15H30F3NO3S. The normalized spacial score (nSPS) is 17.7. The van der Waals surface area contributed by atoms with Gasteiger partial charge in [0.2, 0.25) is 0 Å². The van der Waals surface area contributed by atoms with Crippen molar-refractivity contribution in [3.05, 3.63) is 0 Å². The lowest BCUT2D eigenvalue weighted by Gasteiger charge is -2.31. The number of unbranched alkanes of at least 4 members (excludes halogenated alkanes) is 4. The first-order chi connectivity index (χ1) is 10.6. The van der Waals surface area contributed by atoms with Crippen LogP contribution in [0.25, 0.3) is 0 Å². The van der Waals surface area contributed by atoms with E-state index in [0.29, 0.717) is 0 Å². The molecule has 1 aliphatic heterocycles. The molecule has 0 saturated carbocycles. The van der Waals surface area contributed by atoms with E-state index in [9.17, 15) is 13.2 Å². The Bertz CT molecular complexity index is 391. The first kappa shape index (κ1) is 22.7. The fraction of sp³-hybridized carbons (Fsp3) is 1.00. The molecule has 0 aromatic heterocycles. The minimum Gasteiger partial charge on any atom is -0.303 e. The Balaban J connectivity index is 0.000000515. The summed E-state index contributed by atoms with van der Waals surface area (Å²) in [5, 5.41) is 0. The SMILES string of the molecule is CCCCCCCN1CCC(CC)CC1.O=S(=O)(O)C(F)(F)F. The average molecular weight is 361 g/mol.